The minimum atomic E-state index is -0.658. The molecule has 144 valence electrons. The Hall–Kier alpha value is -2.66. The standard InChI is InChI=1S/C22H21ClN2O3/c23-18-9-7-17(8-10-18)22(12-4-13-22)21(27)28-15-20(26)25-14-11-19(24-25)16-5-2-1-3-6-16/h1-3,5-10H,4,11-15H2. The topological polar surface area (TPSA) is 59.0 Å². The molecule has 1 amide bonds. The lowest BCUT2D eigenvalue weighted by Gasteiger charge is -2.39. The van der Waals surface area contributed by atoms with Gasteiger partial charge in [0, 0.05) is 11.4 Å². The van der Waals surface area contributed by atoms with Crippen molar-refractivity contribution in [3.8, 4) is 0 Å². The third kappa shape index (κ3) is 3.54. The highest BCUT2D eigenvalue weighted by molar-refractivity contribution is 6.30. The SMILES string of the molecule is O=C(COC(=O)C1(c2ccc(Cl)cc2)CCC1)N1CCC(c2ccccc2)=N1. The van der Waals surface area contributed by atoms with Gasteiger partial charge in [-0.1, -0.05) is 60.5 Å². The highest BCUT2D eigenvalue weighted by Crippen LogP contribution is 2.45. The number of benzene rings is 2. The van der Waals surface area contributed by atoms with Gasteiger partial charge in [-0.05, 0) is 36.1 Å². The number of nitrogens with zero attached hydrogens (tertiary/aromatic N) is 2. The van der Waals surface area contributed by atoms with Gasteiger partial charge >= 0.3 is 5.97 Å². The molecule has 0 aromatic heterocycles. The van der Waals surface area contributed by atoms with Crippen LogP contribution in [0.3, 0.4) is 0 Å². The Labute approximate surface area is 168 Å². The van der Waals surface area contributed by atoms with Crippen LogP contribution in [-0.2, 0) is 19.7 Å². The molecule has 1 aliphatic carbocycles. The molecule has 1 aliphatic heterocycles. The molecule has 0 saturated heterocycles. The van der Waals surface area contributed by atoms with Crippen LogP contribution in [0.1, 0.15) is 36.8 Å². The second kappa shape index (κ2) is 7.76. The number of hydrogen-bond acceptors (Lipinski definition) is 4. The Morgan fingerprint density at radius 1 is 1.07 bits per heavy atom. The van der Waals surface area contributed by atoms with Gasteiger partial charge in [0.2, 0.25) is 0 Å². The number of carbonyl (C=O) groups is 2. The summed E-state index contributed by atoms with van der Waals surface area (Å²) in [7, 11) is 0. The first kappa shape index (κ1) is 18.7. The van der Waals surface area contributed by atoms with Gasteiger partial charge in [-0.15, -0.1) is 0 Å². The van der Waals surface area contributed by atoms with Crippen LogP contribution in [0.2, 0.25) is 5.02 Å². The first-order valence-electron chi connectivity index (χ1n) is 9.45. The van der Waals surface area contributed by atoms with E-state index >= 15 is 0 Å². The molecule has 0 radical (unpaired) electrons. The molecule has 0 atom stereocenters. The predicted octanol–water partition coefficient (Wildman–Crippen LogP) is 3.94. The molecule has 0 N–H and O–H groups in total. The monoisotopic (exact) mass is 396 g/mol. The molecule has 1 heterocycles. The zero-order valence-electron chi connectivity index (χ0n) is 15.4. The normalized spacial score (nSPS) is 17.6. The number of amides is 1. The molecule has 0 spiro atoms. The molecule has 2 aromatic rings. The largest absolute Gasteiger partial charge is 0.455 e. The summed E-state index contributed by atoms with van der Waals surface area (Å²) in [5.74, 6) is -0.647. The third-order valence-corrected chi connectivity index (χ3v) is 5.77. The Balaban J connectivity index is 1.39. The highest BCUT2D eigenvalue weighted by Gasteiger charge is 2.47. The van der Waals surface area contributed by atoms with Crippen LogP contribution in [0.15, 0.2) is 59.7 Å². The fourth-order valence-corrected chi connectivity index (χ4v) is 3.85. The van der Waals surface area contributed by atoms with E-state index in [1.807, 2.05) is 42.5 Å². The zero-order chi connectivity index (χ0) is 19.6. The fraction of sp³-hybridized carbons (Fsp3) is 0.318. The molecule has 4 rings (SSSR count). The van der Waals surface area contributed by atoms with Crippen LogP contribution >= 0.6 is 11.6 Å². The maximum atomic E-state index is 12.8. The minimum absolute atomic E-state index is 0.292. The van der Waals surface area contributed by atoms with Gasteiger partial charge in [0.25, 0.3) is 5.91 Å². The molecule has 0 unspecified atom stereocenters. The lowest BCUT2D eigenvalue weighted by atomic mass is 9.64. The van der Waals surface area contributed by atoms with Crippen LogP contribution in [0.5, 0.6) is 0 Å². The second-order valence-corrected chi connectivity index (χ2v) is 7.63. The number of hydrogen-bond donors (Lipinski definition) is 0. The maximum absolute atomic E-state index is 12.8. The summed E-state index contributed by atoms with van der Waals surface area (Å²) in [6.07, 6.45) is 3.10. The third-order valence-electron chi connectivity index (χ3n) is 5.52. The molecule has 5 nitrogen and oxygen atoms in total. The summed E-state index contributed by atoms with van der Waals surface area (Å²) < 4.78 is 5.42. The highest BCUT2D eigenvalue weighted by atomic mass is 35.5. The van der Waals surface area contributed by atoms with E-state index in [0.717, 1.165) is 36.1 Å². The molecule has 1 saturated carbocycles. The zero-order valence-corrected chi connectivity index (χ0v) is 16.2. The minimum Gasteiger partial charge on any atom is -0.455 e. The Morgan fingerprint density at radius 3 is 2.43 bits per heavy atom. The van der Waals surface area contributed by atoms with Crippen LogP contribution in [-0.4, -0.2) is 35.7 Å². The van der Waals surface area contributed by atoms with Gasteiger partial charge in [0.15, 0.2) is 6.61 Å². The van der Waals surface area contributed by atoms with Crippen molar-refractivity contribution in [2.24, 2.45) is 5.10 Å². The molecule has 2 aromatic carbocycles. The summed E-state index contributed by atoms with van der Waals surface area (Å²) in [4.78, 5) is 25.2. The van der Waals surface area contributed by atoms with Gasteiger partial charge in [-0.2, -0.15) is 5.10 Å². The first-order chi connectivity index (χ1) is 13.6. The van der Waals surface area contributed by atoms with Crippen molar-refractivity contribution in [2.75, 3.05) is 13.2 Å². The second-order valence-electron chi connectivity index (χ2n) is 7.20. The molecule has 6 heteroatoms. The molecular weight excluding hydrogens is 376 g/mol. The Morgan fingerprint density at radius 2 is 1.79 bits per heavy atom. The molecule has 0 bridgehead atoms. The van der Waals surface area contributed by atoms with Crippen LogP contribution in [0.25, 0.3) is 0 Å². The Bertz CT molecular complexity index is 905. The van der Waals surface area contributed by atoms with Crippen molar-refractivity contribution in [2.45, 2.75) is 31.1 Å². The number of carbonyl (C=O) groups excluding carboxylic acids is 2. The smallest absolute Gasteiger partial charge is 0.317 e. The van der Waals surface area contributed by atoms with Gasteiger partial charge in [-0.3, -0.25) is 9.59 Å². The fourth-order valence-electron chi connectivity index (χ4n) is 3.72. The number of halogens is 1. The lowest BCUT2D eigenvalue weighted by molar-refractivity contribution is -0.160. The molecule has 1 fully saturated rings. The van der Waals surface area contributed by atoms with Gasteiger partial charge in [0.05, 0.1) is 17.7 Å². The van der Waals surface area contributed by atoms with E-state index < -0.39 is 5.41 Å². The van der Waals surface area contributed by atoms with E-state index in [-0.39, 0.29) is 18.5 Å². The number of esters is 1. The van der Waals surface area contributed by atoms with Gasteiger partial charge < -0.3 is 4.74 Å². The van der Waals surface area contributed by atoms with E-state index in [4.69, 9.17) is 16.3 Å². The number of ether oxygens (including phenoxy) is 1. The summed E-state index contributed by atoms with van der Waals surface area (Å²) in [6.45, 7) is 0.211. The van der Waals surface area contributed by atoms with Gasteiger partial charge in [-0.25, -0.2) is 5.01 Å². The van der Waals surface area contributed by atoms with E-state index in [1.165, 1.54) is 5.01 Å². The van der Waals surface area contributed by atoms with E-state index in [2.05, 4.69) is 5.10 Å². The summed E-state index contributed by atoms with van der Waals surface area (Å²) in [5.41, 5.74) is 2.11. The first-order valence-corrected chi connectivity index (χ1v) is 9.83. The average Bonchev–Trinajstić information content (AvgIpc) is 3.18. The van der Waals surface area contributed by atoms with Crippen molar-refractivity contribution in [1.82, 2.24) is 5.01 Å². The van der Waals surface area contributed by atoms with E-state index in [1.54, 1.807) is 12.1 Å². The van der Waals surface area contributed by atoms with Gasteiger partial charge in [0.1, 0.15) is 0 Å². The average molecular weight is 397 g/mol. The van der Waals surface area contributed by atoms with E-state index in [0.29, 0.717) is 18.0 Å². The van der Waals surface area contributed by atoms with Crippen molar-refractivity contribution >= 4 is 29.2 Å². The van der Waals surface area contributed by atoms with Crippen LogP contribution < -0.4 is 0 Å². The van der Waals surface area contributed by atoms with Crippen molar-refractivity contribution in [3.63, 3.8) is 0 Å². The van der Waals surface area contributed by atoms with Crippen LogP contribution in [0, 0.1) is 0 Å². The van der Waals surface area contributed by atoms with Crippen molar-refractivity contribution < 1.29 is 14.3 Å². The lowest BCUT2D eigenvalue weighted by Crippen LogP contribution is -2.44. The summed E-state index contributed by atoms with van der Waals surface area (Å²) >= 11 is 5.96. The quantitative estimate of drug-likeness (QED) is 0.719. The molecule has 28 heavy (non-hydrogen) atoms. The number of rotatable bonds is 5. The number of hydrazone groups is 1. The van der Waals surface area contributed by atoms with Crippen molar-refractivity contribution in [3.05, 3.63) is 70.7 Å². The van der Waals surface area contributed by atoms with E-state index in [9.17, 15) is 9.59 Å². The molecule has 2 aliphatic rings. The molecular formula is C22H21ClN2O3. The van der Waals surface area contributed by atoms with Crippen molar-refractivity contribution in [1.29, 1.82) is 0 Å². The maximum Gasteiger partial charge on any atom is 0.317 e. The predicted molar refractivity (Wildman–Crippen MR) is 107 cm³/mol. The van der Waals surface area contributed by atoms with Crippen LogP contribution in [0.4, 0.5) is 0 Å². The summed E-state index contributed by atoms with van der Waals surface area (Å²) in [5, 5.41) is 6.42. The Kier molecular flexibility index (Phi) is 5.18. The summed E-state index contributed by atoms with van der Waals surface area (Å²) in [6, 6.07) is 17.1.